The van der Waals surface area contributed by atoms with Crippen LogP contribution in [0.1, 0.15) is 16.7 Å². The molecule has 0 spiro atoms. The number of hydrogen-bond donors (Lipinski definition) is 1. The fraction of sp³-hybridized carbons (Fsp3) is 0.417. The summed E-state index contributed by atoms with van der Waals surface area (Å²) in [4.78, 5) is 10.7. The molecule has 12 heteroatoms. The smallest absolute Gasteiger partial charge is 0.369 e. The average Bonchev–Trinajstić information content (AvgIpc) is 2.34. The van der Waals surface area contributed by atoms with E-state index in [4.69, 9.17) is 5.73 Å². The summed E-state index contributed by atoms with van der Waals surface area (Å²) in [6.45, 7) is -0.713. The molecule has 0 atom stereocenters. The van der Waals surface area contributed by atoms with Crippen molar-refractivity contribution in [3.05, 3.63) is 34.9 Å². The number of amides is 1. The van der Waals surface area contributed by atoms with Gasteiger partial charge in [-0.05, 0) is 17.7 Å². The first kappa shape index (κ1) is 20.2. The fourth-order valence-corrected chi connectivity index (χ4v) is 2.95. The van der Waals surface area contributed by atoms with Crippen molar-refractivity contribution in [3.63, 3.8) is 0 Å². The third kappa shape index (κ3) is 5.09. The van der Waals surface area contributed by atoms with Crippen LogP contribution >= 0.6 is 0 Å². The zero-order valence-electron chi connectivity index (χ0n) is 12.1. The normalized spacial score (nSPS) is 13.3. The number of sulfonamides is 1. The highest BCUT2D eigenvalue weighted by Crippen LogP contribution is 2.40. The molecule has 0 aliphatic rings. The van der Waals surface area contributed by atoms with E-state index in [0.717, 1.165) is 7.05 Å². The van der Waals surface area contributed by atoms with Crippen LogP contribution < -0.4 is 5.73 Å². The summed E-state index contributed by atoms with van der Waals surface area (Å²) < 4.78 is 101. The van der Waals surface area contributed by atoms with Gasteiger partial charge in [0.1, 0.15) is 0 Å². The molecule has 5 nitrogen and oxygen atoms in total. The van der Waals surface area contributed by atoms with Gasteiger partial charge in [0.2, 0.25) is 15.9 Å². The largest absolute Gasteiger partial charge is 0.417 e. The Kier molecular flexibility index (Phi) is 5.55. The second-order valence-corrected chi connectivity index (χ2v) is 6.93. The van der Waals surface area contributed by atoms with Gasteiger partial charge >= 0.3 is 12.4 Å². The van der Waals surface area contributed by atoms with Crippen molar-refractivity contribution >= 4 is 15.9 Å². The molecule has 1 rings (SSSR count). The molecule has 2 N–H and O–H groups in total. The van der Waals surface area contributed by atoms with Crippen LogP contribution in [-0.4, -0.2) is 32.2 Å². The number of likely N-dealkylation sites (N-methyl/N-ethyl adjacent to an activating group) is 1. The van der Waals surface area contributed by atoms with Crippen LogP contribution in [0.4, 0.5) is 26.3 Å². The van der Waals surface area contributed by atoms with Gasteiger partial charge in [-0.25, -0.2) is 8.42 Å². The molecule has 1 amide bonds. The average molecular weight is 378 g/mol. The van der Waals surface area contributed by atoms with Crippen LogP contribution in [0, 0.1) is 0 Å². The van der Waals surface area contributed by atoms with Crippen molar-refractivity contribution in [3.8, 4) is 0 Å². The van der Waals surface area contributed by atoms with E-state index in [-0.39, 0.29) is 12.1 Å². The number of halogens is 6. The minimum Gasteiger partial charge on any atom is -0.369 e. The van der Waals surface area contributed by atoms with E-state index >= 15 is 0 Å². The van der Waals surface area contributed by atoms with E-state index in [2.05, 4.69) is 0 Å². The number of alkyl halides is 6. The number of hydrogen-bond acceptors (Lipinski definition) is 3. The molecule has 0 aromatic heterocycles. The van der Waals surface area contributed by atoms with Crippen LogP contribution in [-0.2, 0) is 32.9 Å². The lowest BCUT2D eigenvalue weighted by Crippen LogP contribution is -2.36. The second kappa shape index (κ2) is 6.59. The lowest BCUT2D eigenvalue weighted by molar-refractivity contribution is -0.162. The molecule has 136 valence electrons. The SMILES string of the molecule is CN(CC(N)=O)S(=O)(=O)Cc1ccc(C(F)(F)F)c(C(F)(F)F)c1. The van der Waals surface area contributed by atoms with E-state index in [9.17, 15) is 39.6 Å². The van der Waals surface area contributed by atoms with Gasteiger partial charge in [-0.1, -0.05) is 6.07 Å². The zero-order chi connectivity index (χ0) is 18.9. The molecule has 0 saturated carbocycles. The molecule has 0 heterocycles. The van der Waals surface area contributed by atoms with Crippen LogP contribution in [0.5, 0.6) is 0 Å². The van der Waals surface area contributed by atoms with E-state index in [1.807, 2.05) is 0 Å². The van der Waals surface area contributed by atoms with Crippen LogP contribution in [0.2, 0.25) is 0 Å². The highest BCUT2D eigenvalue weighted by Gasteiger charge is 2.43. The van der Waals surface area contributed by atoms with Gasteiger partial charge in [0, 0.05) is 7.05 Å². The Morgan fingerprint density at radius 2 is 1.58 bits per heavy atom. The maximum atomic E-state index is 12.8. The predicted molar refractivity (Wildman–Crippen MR) is 70.9 cm³/mol. The molecule has 0 saturated heterocycles. The summed E-state index contributed by atoms with van der Waals surface area (Å²) in [5, 5.41) is 0. The third-order valence-electron chi connectivity index (χ3n) is 2.90. The van der Waals surface area contributed by atoms with Crippen LogP contribution in [0.15, 0.2) is 18.2 Å². The summed E-state index contributed by atoms with van der Waals surface area (Å²) in [6.07, 6.45) is -10.6. The molecular formula is C12H12F6N2O3S. The van der Waals surface area contributed by atoms with Gasteiger partial charge < -0.3 is 5.73 Å². The zero-order valence-corrected chi connectivity index (χ0v) is 12.9. The van der Waals surface area contributed by atoms with Crippen LogP contribution in [0.3, 0.4) is 0 Å². The maximum absolute atomic E-state index is 12.8. The number of carbonyl (C=O) groups excluding carboxylic acids is 1. The quantitative estimate of drug-likeness (QED) is 0.796. The highest BCUT2D eigenvalue weighted by atomic mass is 32.2. The molecule has 0 aliphatic heterocycles. The topological polar surface area (TPSA) is 80.5 Å². The molecule has 0 radical (unpaired) electrons. The summed E-state index contributed by atoms with van der Waals surface area (Å²) in [7, 11) is -3.27. The standard InChI is InChI=1S/C12H12F6N2O3S/c1-20(5-10(19)21)24(22,23)6-7-2-3-8(11(13,14)15)9(4-7)12(16,17)18/h2-4H,5-6H2,1H3,(H2,19,21). The van der Waals surface area contributed by atoms with E-state index in [1.165, 1.54) is 0 Å². The Balaban J connectivity index is 3.26. The third-order valence-corrected chi connectivity index (χ3v) is 4.67. The van der Waals surface area contributed by atoms with Crippen LogP contribution in [0.25, 0.3) is 0 Å². The first-order valence-electron chi connectivity index (χ1n) is 6.14. The highest BCUT2D eigenvalue weighted by molar-refractivity contribution is 7.88. The van der Waals surface area contributed by atoms with E-state index in [1.54, 1.807) is 0 Å². The predicted octanol–water partition coefficient (Wildman–Crippen LogP) is 1.97. The molecule has 1 aromatic rings. The summed E-state index contributed by atoms with van der Waals surface area (Å²) >= 11 is 0. The van der Waals surface area contributed by atoms with Gasteiger partial charge in [-0.3, -0.25) is 4.79 Å². The Hall–Kier alpha value is -1.82. The lowest BCUT2D eigenvalue weighted by Gasteiger charge is -2.18. The number of primary amides is 1. The number of nitrogens with zero attached hydrogens (tertiary/aromatic N) is 1. The Morgan fingerprint density at radius 3 is 2.00 bits per heavy atom. The van der Waals surface area contributed by atoms with Crippen molar-refractivity contribution in [2.45, 2.75) is 18.1 Å². The maximum Gasteiger partial charge on any atom is 0.417 e. The summed E-state index contributed by atoms with van der Waals surface area (Å²) in [6, 6.07) is 0.925. The van der Waals surface area contributed by atoms with Gasteiger partial charge in [0.15, 0.2) is 0 Å². The monoisotopic (exact) mass is 378 g/mol. The molecule has 1 aromatic carbocycles. The summed E-state index contributed by atoms with van der Waals surface area (Å²) in [5.74, 6) is -2.01. The minimum atomic E-state index is -5.32. The number of carbonyl (C=O) groups is 1. The lowest BCUT2D eigenvalue weighted by atomic mass is 10.0. The van der Waals surface area contributed by atoms with E-state index in [0.29, 0.717) is 10.4 Å². The van der Waals surface area contributed by atoms with E-state index < -0.39 is 57.3 Å². The van der Waals surface area contributed by atoms with Crippen molar-refractivity contribution in [1.82, 2.24) is 4.31 Å². The number of benzene rings is 1. The molecule has 0 bridgehead atoms. The minimum absolute atomic E-state index is 0.123. The van der Waals surface area contributed by atoms with Crippen molar-refractivity contribution in [2.75, 3.05) is 13.6 Å². The van der Waals surface area contributed by atoms with Crippen molar-refractivity contribution in [2.24, 2.45) is 5.73 Å². The van der Waals surface area contributed by atoms with Gasteiger partial charge in [0.05, 0.1) is 23.4 Å². The number of nitrogens with two attached hydrogens (primary N) is 1. The molecular weight excluding hydrogens is 366 g/mol. The van der Waals surface area contributed by atoms with Gasteiger partial charge in [0.25, 0.3) is 0 Å². The summed E-state index contributed by atoms with van der Waals surface area (Å²) in [5.41, 5.74) is 0.405. The van der Waals surface area contributed by atoms with Crippen molar-refractivity contribution < 1.29 is 39.6 Å². The number of rotatable bonds is 5. The first-order chi connectivity index (χ1) is 10.6. The van der Waals surface area contributed by atoms with Gasteiger partial charge in [-0.2, -0.15) is 30.6 Å². The Morgan fingerprint density at radius 1 is 1.08 bits per heavy atom. The Labute approximate surface area is 133 Å². The van der Waals surface area contributed by atoms with Crippen molar-refractivity contribution in [1.29, 1.82) is 0 Å². The molecule has 0 unspecified atom stereocenters. The second-order valence-electron chi connectivity index (χ2n) is 4.85. The first-order valence-corrected chi connectivity index (χ1v) is 7.75. The molecule has 0 aliphatic carbocycles. The molecule has 0 fully saturated rings. The Bertz CT molecular complexity index is 727. The fourth-order valence-electron chi connectivity index (χ4n) is 1.80. The van der Waals surface area contributed by atoms with Gasteiger partial charge in [-0.15, -0.1) is 0 Å². The molecule has 24 heavy (non-hydrogen) atoms.